The molecule has 1 unspecified atom stereocenters. The Balaban J connectivity index is 1.92. The second-order valence-corrected chi connectivity index (χ2v) is 5.69. The smallest absolute Gasteiger partial charge is 0.131 e. The van der Waals surface area contributed by atoms with E-state index in [-0.39, 0.29) is 0 Å². The van der Waals surface area contributed by atoms with Crippen LogP contribution in [0.15, 0.2) is 24.3 Å². The Hall–Kier alpha value is -1.85. The molecule has 1 fully saturated rings. The second-order valence-electron chi connectivity index (χ2n) is 5.69. The number of likely N-dealkylation sites (N-methyl/N-ethyl adjacent to an activating group) is 1. The van der Waals surface area contributed by atoms with Gasteiger partial charge >= 0.3 is 0 Å². The van der Waals surface area contributed by atoms with E-state index in [0.717, 1.165) is 43.0 Å². The molecule has 0 saturated carbocycles. The maximum Gasteiger partial charge on any atom is 0.131 e. The second kappa shape index (κ2) is 5.87. The van der Waals surface area contributed by atoms with E-state index >= 15 is 0 Å². The Labute approximate surface area is 124 Å². The molecule has 21 heavy (non-hydrogen) atoms. The molecule has 112 valence electrons. The fraction of sp³-hybridized carbons (Fsp3) is 0.438. The molecule has 1 aliphatic rings. The number of nitrogens with zero attached hydrogens (tertiary/aromatic N) is 3. The Morgan fingerprint density at radius 3 is 2.76 bits per heavy atom. The number of aromatic nitrogens is 2. The molecule has 1 saturated heterocycles. The van der Waals surface area contributed by atoms with E-state index in [1.807, 2.05) is 12.1 Å². The normalized spacial score (nSPS) is 18.7. The van der Waals surface area contributed by atoms with Crippen LogP contribution in [0.1, 0.15) is 12.7 Å². The molecule has 0 aliphatic carbocycles. The van der Waals surface area contributed by atoms with Crippen molar-refractivity contribution < 1.29 is 5.11 Å². The number of fused-ring (bicyclic) bond motifs is 1. The number of imidazole rings is 1. The summed E-state index contributed by atoms with van der Waals surface area (Å²) >= 11 is 0. The zero-order valence-corrected chi connectivity index (χ0v) is 12.6. The standard InChI is InChI=1S/C16H22N4O/c1-12(21)6-7-15-17-13-4-3-5-14(16(13)18-15)20-10-8-19(2)9-11-20/h3-7,12,21H,8-11H2,1-2H3,(H,17,18)/b7-6+. The molecule has 1 aromatic heterocycles. The molecule has 3 rings (SSSR count). The van der Waals surface area contributed by atoms with Crippen LogP contribution in [0.4, 0.5) is 5.69 Å². The lowest BCUT2D eigenvalue weighted by atomic mass is 10.2. The minimum absolute atomic E-state index is 0.463. The molecule has 5 nitrogen and oxygen atoms in total. The molecular formula is C16H22N4O. The van der Waals surface area contributed by atoms with Crippen LogP contribution in [-0.4, -0.2) is 59.3 Å². The molecule has 1 aliphatic heterocycles. The van der Waals surface area contributed by atoms with E-state index < -0.39 is 6.10 Å². The highest BCUT2D eigenvalue weighted by molar-refractivity contribution is 5.89. The third-order valence-electron chi connectivity index (χ3n) is 3.89. The van der Waals surface area contributed by atoms with E-state index in [1.54, 1.807) is 13.0 Å². The van der Waals surface area contributed by atoms with Crippen molar-refractivity contribution in [2.45, 2.75) is 13.0 Å². The van der Waals surface area contributed by atoms with Crippen molar-refractivity contribution in [1.29, 1.82) is 0 Å². The summed E-state index contributed by atoms with van der Waals surface area (Å²) in [5, 5.41) is 9.33. The van der Waals surface area contributed by atoms with Crippen molar-refractivity contribution in [2.24, 2.45) is 0 Å². The fourth-order valence-corrected chi connectivity index (χ4v) is 2.65. The number of rotatable bonds is 3. The molecule has 1 atom stereocenters. The molecule has 0 bridgehead atoms. The number of anilines is 1. The van der Waals surface area contributed by atoms with Crippen LogP contribution in [0.5, 0.6) is 0 Å². The van der Waals surface area contributed by atoms with Gasteiger partial charge in [-0.3, -0.25) is 0 Å². The van der Waals surface area contributed by atoms with E-state index in [0.29, 0.717) is 0 Å². The van der Waals surface area contributed by atoms with Crippen LogP contribution in [0.2, 0.25) is 0 Å². The number of benzene rings is 1. The molecule has 2 N–H and O–H groups in total. The Morgan fingerprint density at radius 1 is 1.29 bits per heavy atom. The van der Waals surface area contributed by atoms with Crippen molar-refractivity contribution in [1.82, 2.24) is 14.9 Å². The number of aliphatic hydroxyl groups excluding tert-OH is 1. The minimum Gasteiger partial charge on any atom is -0.389 e. The average molecular weight is 286 g/mol. The summed E-state index contributed by atoms with van der Waals surface area (Å²) in [6.45, 7) is 5.95. The van der Waals surface area contributed by atoms with Gasteiger partial charge in [-0.25, -0.2) is 4.98 Å². The predicted octanol–water partition coefficient (Wildman–Crippen LogP) is 1.71. The first-order valence-electron chi connectivity index (χ1n) is 7.42. The number of H-pyrrole nitrogens is 1. The van der Waals surface area contributed by atoms with E-state index in [9.17, 15) is 5.11 Å². The number of hydrogen-bond donors (Lipinski definition) is 2. The molecule has 0 radical (unpaired) electrons. The number of hydrogen-bond acceptors (Lipinski definition) is 4. The predicted molar refractivity (Wildman–Crippen MR) is 86.5 cm³/mol. The number of nitrogens with one attached hydrogen (secondary N) is 1. The third kappa shape index (κ3) is 3.09. The molecular weight excluding hydrogens is 264 g/mol. The highest BCUT2D eigenvalue weighted by Crippen LogP contribution is 2.26. The minimum atomic E-state index is -0.463. The van der Waals surface area contributed by atoms with Crippen molar-refractivity contribution in [3.63, 3.8) is 0 Å². The van der Waals surface area contributed by atoms with Crippen LogP contribution < -0.4 is 4.90 Å². The van der Waals surface area contributed by atoms with Gasteiger partial charge in [0, 0.05) is 26.2 Å². The zero-order valence-electron chi connectivity index (χ0n) is 12.6. The SMILES string of the molecule is CC(O)/C=C/c1nc2c(N3CCN(C)CC3)cccc2[nH]1. The third-order valence-corrected chi connectivity index (χ3v) is 3.89. The van der Waals surface area contributed by atoms with E-state index in [1.165, 1.54) is 5.69 Å². The highest BCUT2D eigenvalue weighted by Gasteiger charge is 2.17. The van der Waals surface area contributed by atoms with Crippen LogP contribution in [0, 0.1) is 0 Å². The van der Waals surface area contributed by atoms with Gasteiger partial charge in [-0.1, -0.05) is 12.1 Å². The monoisotopic (exact) mass is 286 g/mol. The van der Waals surface area contributed by atoms with Gasteiger partial charge in [-0.05, 0) is 32.2 Å². The lowest BCUT2D eigenvalue weighted by Gasteiger charge is -2.34. The first kappa shape index (κ1) is 14.1. The van der Waals surface area contributed by atoms with Crippen molar-refractivity contribution >= 4 is 22.8 Å². The quantitative estimate of drug-likeness (QED) is 0.902. The van der Waals surface area contributed by atoms with Gasteiger partial charge in [0.15, 0.2) is 0 Å². The maximum absolute atomic E-state index is 9.33. The number of aliphatic hydroxyl groups is 1. The molecule has 2 heterocycles. The van der Waals surface area contributed by atoms with E-state index in [2.05, 4.69) is 38.9 Å². The summed E-state index contributed by atoms with van der Waals surface area (Å²) in [5.41, 5.74) is 3.23. The summed E-state index contributed by atoms with van der Waals surface area (Å²) in [4.78, 5) is 12.7. The Morgan fingerprint density at radius 2 is 2.05 bits per heavy atom. The summed E-state index contributed by atoms with van der Waals surface area (Å²) in [6, 6.07) is 6.24. The van der Waals surface area contributed by atoms with Gasteiger partial charge in [-0.15, -0.1) is 0 Å². The summed E-state index contributed by atoms with van der Waals surface area (Å²) < 4.78 is 0. The van der Waals surface area contributed by atoms with Crippen LogP contribution >= 0.6 is 0 Å². The van der Waals surface area contributed by atoms with Gasteiger partial charge in [-0.2, -0.15) is 0 Å². The summed E-state index contributed by atoms with van der Waals surface area (Å²) in [7, 11) is 2.16. The number of para-hydroxylation sites is 1. The van der Waals surface area contributed by atoms with Crippen molar-refractivity contribution in [3.8, 4) is 0 Å². The topological polar surface area (TPSA) is 55.4 Å². The fourth-order valence-electron chi connectivity index (χ4n) is 2.65. The van der Waals surface area contributed by atoms with Crippen molar-refractivity contribution in [2.75, 3.05) is 38.1 Å². The molecule has 5 heteroatoms. The van der Waals surface area contributed by atoms with Gasteiger partial charge < -0.3 is 19.9 Å². The highest BCUT2D eigenvalue weighted by atomic mass is 16.3. The van der Waals surface area contributed by atoms with Gasteiger partial charge in [0.25, 0.3) is 0 Å². The average Bonchev–Trinajstić information content (AvgIpc) is 2.89. The molecule has 2 aromatic rings. The molecule has 0 spiro atoms. The van der Waals surface area contributed by atoms with Gasteiger partial charge in [0.2, 0.25) is 0 Å². The zero-order chi connectivity index (χ0) is 14.8. The summed E-state index contributed by atoms with van der Waals surface area (Å²) in [5.74, 6) is 0.785. The Bertz CT molecular complexity index is 639. The van der Waals surface area contributed by atoms with Crippen molar-refractivity contribution in [3.05, 3.63) is 30.1 Å². The molecule has 0 amide bonds. The molecule has 1 aromatic carbocycles. The lowest BCUT2D eigenvalue weighted by Crippen LogP contribution is -2.44. The Kier molecular flexibility index (Phi) is 3.94. The maximum atomic E-state index is 9.33. The number of piperazine rings is 1. The summed E-state index contributed by atoms with van der Waals surface area (Å²) in [6.07, 6.45) is 3.10. The first-order chi connectivity index (χ1) is 10.1. The van der Waals surface area contributed by atoms with Crippen LogP contribution in [0.25, 0.3) is 17.1 Å². The largest absolute Gasteiger partial charge is 0.389 e. The van der Waals surface area contributed by atoms with Gasteiger partial charge in [0.05, 0.1) is 17.3 Å². The van der Waals surface area contributed by atoms with Crippen LogP contribution in [-0.2, 0) is 0 Å². The van der Waals surface area contributed by atoms with E-state index in [4.69, 9.17) is 0 Å². The van der Waals surface area contributed by atoms with Crippen LogP contribution in [0.3, 0.4) is 0 Å². The first-order valence-corrected chi connectivity index (χ1v) is 7.42. The number of aromatic amines is 1. The van der Waals surface area contributed by atoms with Gasteiger partial charge in [0.1, 0.15) is 11.3 Å². The lowest BCUT2D eigenvalue weighted by molar-refractivity contribution is 0.245.